The molecule has 7 nitrogen and oxygen atoms in total. The van der Waals surface area contributed by atoms with Gasteiger partial charge in [0.25, 0.3) is 5.91 Å². The number of halogens is 1. The number of hydrogen-bond acceptors (Lipinski definition) is 6. The predicted octanol–water partition coefficient (Wildman–Crippen LogP) is 5.61. The molecule has 2 N–H and O–H groups in total. The Kier molecular flexibility index (Phi) is 7.12. The number of methoxy groups -OCH3 is 1. The molecule has 0 atom stereocenters. The zero-order valence-electron chi connectivity index (χ0n) is 18.9. The maximum Gasteiger partial charge on any atom is 0.343 e. The van der Waals surface area contributed by atoms with Crippen LogP contribution in [-0.4, -0.2) is 30.3 Å². The van der Waals surface area contributed by atoms with Crippen molar-refractivity contribution in [1.29, 1.82) is 0 Å². The molecule has 4 aromatic rings. The number of nitrogens with zero attached hydrogens (tertiary/aromatic N) is 1. The molecule has 35 heavy (non-hydrogen) atoms. The van der Waals surface area contributed by atoms with Crippen molar-refractivity contribution >= 4 is 44.8 Å². The molecule has 8 heteroatoms. The number of aryl methyl sites for hydroxylation is 1. The van der Waals surface area contributed by atoms with Crippen molar-refractivity contribution in [2.45, 2.75) is 6.92 Å². The van der Waals surface area contributed by atoms with Gasteiger partial charge < -0.3 is 14.6 Å². The predicted molar refractivity (Wildman–Crippen MR) is 138 cm³/mol. The molecule has 1 amide bonds. The number of esters is 1. The molecule has 0 radical (unpaired) electrons. The lowest BCUT2D eigenvalue weighted by Gasteiger charge is -2.12. The number of carbonyl (C=O) groups excluding carboxylic acids is 2. The normalized spacial score (nSPS) is 10.9. The summed E-state index contributed by atoms with van der Waals surface area (Å²) in [7, 11) is 1.45. The first-order valence-electron chi connectivity index (χ1n) is 10.6. The molecule has 0 fully saturated rings. The van der Waals surface area contributed by atoms with Gasteiger partial charge in [0.2, 0.25) is 0 Å². The number of hydrazone groups is 1. The second-order valence-corrected chi connectivity index (χ2v) is 8.56. The lowest BCUT2D eigenvalue weighted by atomic mass is 10.1. The number of nitrogens with one attached hydrogen (secondary N) is 1. The monoisotopic (exact) mass is 532 g/mol. The number of amides is 1. The van der Waals surface area contributed by atoms with E-state index in [4.69, 9.17) is 9.47 Å². The maximum absolute atomic E-state index is 12.5. The topological polar surface area (TPSA) is 97.2 Å². The highest BCUT2D eigenvalue weighted by atomic mass is 79.9. The van der Waals surface area contributed by atoms with E-state index < -0.39 is 11.9 Å². The van der Waals surface area contributed by atoms with Crippen LogP contribution < -0.4 is 14.9 Å². The van der Waals surface area contributed by atoms with Crippen LogP contribution in [0.4, 0.5) is 0 Å². The van der Waals surface area contributed by atoms with Gasteiger partial charge in [-0.05, 0) is 75.6 Å². The number of aromatic hydroxyl groups is 1. The SMILES string of the molecule is COc1cc(/C=N\NC(=O)c2cc3ccccc3cc2O)cc(Br)c1OC(=O)c1ccc(C)cc1. The molecule has 0 aliphatic rings. The number of carbonyl (C=O) groups is 2. The van der Waals surface area contributed by atoms with Crippen LogP contribution in [0.3, 0.4) is 0 Å². The van der Waals surface area contributed by atoms with Gasteiger partial charge in [-0.2, -0.15) is 5.10 Å². The number of benzene rings is 4. The van der Waals surface area contributed by atoms with Crippen molar-refractivity contribution in [3.05, 3.63) is 99.5 Å². The van der Waals surface area contributed by atoms with E-state index in [2.05, 4.69) is 26.5 Å². The zero-order valence-corrected chi connectivity index (χ0v) is 20.5. The van der Waals surface area contributed by atoms with Gasteiger partial charge in [0.05, 0.1) is 28.9 Å². The number of hydrogen-bond donors (Lipinski definition) is 2. The fourth-order valence-electron chi connectivity index (χ4n) is 3.39. The van der Waals surface area contributed by atoms with E-state index in [0.29, 0.717) is 21.3 Å². The van der Waals surface area contributed by atoms with Gasteiger partial charge in [-0.1, -0.05) is 42.0 Å². The number of rotatable bonds is 6. The summed E-state index contributed by atoms with van der Waals surface area (Å²) in [5, 5.41) is 15.9. The number of phenols is 1. The molecule has 0 bridgehead atoms. The Labute approximate surface area is 210 Å². The van der Waals surface area contributed by atoms with E-state index in [-0.39, 0.29) is 17.1 Å². The Morgan fingerprint density at radius 3 is 2.37 bits per heavy atom. The molecular formula is C27H21BrN2O5. The number of phenolic OH excluding ortho intramolecular Hbond substituents is 1. The molecule has 0 aliphatic heterocycles. The van der Waals surface area contributed by atoms with Crippen molar-refractivity contribution in [2.24, 2.45) is 5.10 Å². The second-order valence-electron chi connectivity index (χ2n) is 7.71. The summed E-state index contributed by atoms with van der Waals surface area (Å²) in [6, 6.07) is 20.9. The Morgan fingerprint density at radius 1 is 1.00 bits per heavy atom. The average molecular weight is 533 g/mol. The molecule has 4 aromatic carbocycles. The summed E-state index contributed by atoms with van der Waals surface area (Å²) in [4.78, 5) is 25.1. The summed E-state index contributed by atoms with van der Waals surface area (Å²) >= 11 is 3.40. The molecule has 176 valence electrons. The standard InChI is InChI=1S/C27H21BrN2O5/c1-16-7-9-18(10-8-16)27(33)35-25-22(28)11-17(12-24(25)34-2)15-29-30-26(32)21-13-19-5-3-4-6-20(19)14-23(21)31/h3-15,31H,1-2H3,(H,30,32)/b29-15-. The van der Waals surface area contributed by atoms with Crippen LogP contribution in [-0.2, 0) is 0 Å². The molecule has 0 aromatic heterocycles. The lowest BCUT2D eigenvalue weighted by molar-refractivity contribution is 0.0728. The molecule has 0 saturated carbocycles. The first kappa shape index (κ1) is 24.0. The van der Waals surface area contributed by atoms with Crippen LogP contribution >= 0.6 is 15.9 Å². The Hall–Kier alpha value is -4.17. The third kappa shape index (κ3) is 5.50. The second kappa shape index (κ2) is 10.4. The van der Waals surface area contributed by atoms with Crippen LogP contribution in [0.1, 0.15) is 31.8 Å². The van der Waals surface area contributed by atoms with Gasteiger partial charge >= 0.3 is 5.97 Å². The van der Waals surface area contributed by atoms with Gasteiger partial charge in [-0.15, -0.1) is 0 Å². The summed E-state index contributed by atoms with van der Waals surface area (Å²) in [6.45, 7) is 1.93. The van der Waals surface area contributed by atoms with E-state index in [0.717, 1.165) is 16.3 Å². The quantitative estimate of drug-likeness (QED) is 0.145. The number of fused-ring (bicyclic) bond motifs is 1. The van der Waals surface area contributed by atoms with Gasteiger partial charge in [0.1, 0.15) is 5.75 Å². The molecule has 0 heterocycles. The Morgan fingerprint density at radius 2 is 1.69 bits per heavy atom. The fourth-order valence-corrected chi connectivity index (χ4v) is 3.93. The van der Waals surface area contributed by atoms with Crippen LogP contribution in [0.2, 0.25) is 0 Å². The minimum absolute atomic E-state index is 0.109. The fraction of sp³-hybridized carbons (Fsp3) is 0.0741. The van der Waals surface area contributed by atoms with Gasteiger partial charge in [-0.25, -0.2) is 10.2 Å². The average Bonchev–Trinajstić information content (AvgIpc) is 2.85. The summed E-state index contributed by atoms with van der Waals surface area (Å²) in [5.41, 5.74) is 4.54. The van der Waals surface area contributed by atoms with Crippen molar-refractivity contribution in [3.63, 3.8) is 0 Å². The van der Waals surface area contributed by atoms with Crippen LogP contribution in [0.25, 0.3) is 10.8 Å². The molecule has 0 unspecified atom stereocenters. The summed E-state index contributed by atoms with van der Waals surface area (Å²) in [6.07, 6.45) is 1.41. The largest absolute Gasteiger partial charge is 0.507 e. The lowest BCUT2D eigenvalue weighted by Crippen LogP contribution is -2.17. The Balaban J connectivity index is 1.49. The Bertz CT molecular complexity index is 1450. The molecule has 0 spiro atoms. The van der Waals surface area contributed by atoms with Gasteiger partial charge in [-0.3, -0.25) is 4.79 Å². The molecule has 0 saturated heterocycles. The van der Waals surface area contributed by atoms with E-state index in [1.807, 2.05) is 43.3 Å². The molecule has 4 rings (SSSR count). The zero-order chi connectivity index (χ0) is 24.9. The summed E-state index contributed by atoms with van der Waals surface area (Å²) in [5.74, 6) is -0.687. The highest BCUT2D eigenvalue weighted by molar-refractivity contribution is 9.10. The molecule has 0 aliphatic carbocycles. The third-order valence-corrected chi connectivity index (χ3v) is 5.81. The minimum Gasteiger partial charge on any atom is -0.507 e. The van der Waals surface area contributed by atoms with E-state index in [1.165, 1.54) is 19.4 Å². The van der Waals surface area contributed by atoms with Crippen molar-refractivity contribution in [3.8, 4) is 17.2 Å². The summed E-state index contributed by atoms with van der Waals surface area (Å²) < 4.78 is 11.4. The first-order valence-corrected chi connectivity index (χ1v) is 11.4. The van der Waals surface area contributed by atoms with Crippen LogP contribution in [0.5, 0.6) is 17.2 Å². The van der Waals surface area contributed by atoms with E-state index in [9.17, 15) is 14.7 Å². The van der Waals surface area contributed by atoms with Crippen LogP contribution in [0, 0.1) is 6.92 Å². The third-order valence-electron chi connectivity index (χ3n) is 5.22. The number of ether oxygens (including phenoxy) is 2. The van der Waals surface area contributed by atoms with Crippen molar-refractivity contribution in [1.82, 2.24) is 5.43 Å². The smallest absolute Gasteiger partial charge is 0.343 e. The van der Waals surface area contributed by atoms with Gasteiger partial charge in [0, 0.05) is 0 Å². The van der Waals surface area contributed by atoms with Crippen molar-refractivity contribution < 1.29 is 24.2 Å². The van der Waals surface area contributed by atoms with E-state index in [1.54, 1.807) is 30.3 Å². The molecular weight excluding hydrogens is 512 g/mol. The highest BCUT2D eigenvalue weighted by Gasteiger charge is 2.17. The van der Waals surface area contributed by atoms with Crippen molar-refractivity contribution in [2.75, 3.05) is 7.11 Å². The van der Waals surface area contributed by atoms with Gasteiger partial charge in [0.15, 0.2) is 11.5 Å². The van der Waals surface area contributed by atoms with Crippen LogP contribution in [0.15, 0.2) is 82.4 Å². The highest BCUT2D eigenvalue weighted by Crippen LogP contribution is 2.37. The maximum atomic E-state index is 12.5. The van der Waals surface area contributed by atoms with E-state index >= 15 is 0 Å². The first-order chi connectivity index (χ1) is 16.9. The minimum atomic E-state index is -0.556.